The predicted octanol–water partition coefficient (Wildman–Crippen LogP) is 2.81. The molecule has 0 saturated heterocycles. The number of H-pyrrole nitrogens is 1. The van der Waals surface area contributed by atoms with Crippen LogP contribution in [0.4, 0.5) is 0 Å². The lowest BCUT2D eigenvalue weighted by Gasteiger charge is -2.13. The van der Waals surface area contributed by atoms with E-state index in [1.54, 1.807) is 49.4 Å². The smallest absolute Gasteiger partial charge is 0.316 e. The Morgan fingerprint density at radius 2 is 1.84 bits per heavy atom. The average molecular weight is 419 g/mol. The highest BCUT2D eigenvalue weighted by molar-refractivity contribution is 5.94. The number of amides is 1. The number of hydrogen-bond acceptors (Lipinski definition) is 6. The van der Waals surface area contributed by atoms with Crippen LogP contribution in [0.2, 0.25) is 0 Å². The molecule has 0 aliphatic carbocycles. The van der Waals surface area contributed by atoms with Gasteiger partial charge in [-0.2, -0.15) is 4.98 Å². The summed E-state index contributed by atoms with van der Waals surface area (Å²) in [7, 11) is 0. The van der Waals surface area contributed by atoms with Crippen molar-refractivity contribution in [1.82, 2.24) is 25.0 Å². The number of benzene rings is 2. The molecule has 1 amide bonds. The molecule has 2 aromatic carbocycles. The first-order valence-corrected chi connectivity index (χ1v) is 9.83. The maximum absolute atomic E-state index is 12.3. The lowest BCUT2D eigenvalue weighted by atomic mass is 10.1. The van der Waals surface area contributed by atoms with Gasteiger partial charge < -0.3 is 14.8 Å². The molecular weight excluding hydrogens is 398 g/mol. The third-order valence-electron chi connectivity index (χ3n) is 4.89. The van der Waals surface area contributed by atoms with E-state index in [1.165, 1.54) is 4.57 Å². The highest BCUT2D eigenvalue weighted by Crippen LogP contribution is 2.23. The van der Waals surface area contributed by atoms with Crippen LogP contribution in [0.25, 0.3) is 22.4 Å². The van der Waals surface area contributed by atoms with Gasteiger partial charge in [0.15, 0.2) is 0 Å². The fourth-order valence-electron chi connectivity index (χ4n) is 3.35. The van der Waals surface area contributed by atoms with E-state index in [-0.39, 0.29) is 17.8 Å². The summed E-state index contributed by atoms with van der Waals surface area (Å²) in [5.41, 5.74) is 0.949. The summed E-state index contributed by atoms with van der Waals surface area (Å²) >= 11 is 0. The second kappa shape index (κ2) is 8.02. The number of hydrogen-bond donors (Lipinski definition) is 2. The molecule has 9 heteroatoms. The lowest BCUT2D eigenvalue weighted by molar-refractivity contribution is 0.0932. The maximum Gasteiger partial charge on any atom is 0.316 e. The molecular formula is C22H21N5O4. The minimum Gasteiger partial charge on any atom is -0.341 e. The molecule has 31 heavy (non-hydrogen) atoms. The number of fused-ring (bicyclic) bond motifs is 1. The van der Waals surface area contributed by atoms with Gasteiger partial charge in [0.1, 0.15) is 6.04 Å². The lowest BCUT2D eigenvalue weighted by Crippen LogP contribution is -2.37. The van der Waals surface area contributed by atoms with Gasteiger partial charge in [-0.25, -0.2) is 0 Å². The third-order valence-corrected chi connectivity index (χ3v) is 4.89. The summed E-state index contributed by atoms with van der Waals surface area (Å²) in [6, 6.07) is 13.3. The summed E-state index contributed by atoms with van der Waals surface area (Å²) < 4.78 is 6.78. The fraction of sp³-hybridized carbons (Fsp3) is 0.227. The Morgan fingerprint density at radius 3 is 2.55 bits per heavy atom. The van der Waals surface area contributed by atoms with Crippen LogP contribution in [0, 0.1) is 0 Å². The van der Waals surface area contributed by atoms with Gasteiger partial charge in [0, 0.05) is 17.2 Å². The van der Waals surface area contributed by atoms with Gasteiger partial charge in [-0.05, 0) is 51.1 Å². The van der Waals surface area contributed by atoms with Crippen molar-refractivity contribution in [1.29, 1.82) is 0 Å². The standard InChI is InChI=1S/C22H21N5O4/c1-12(2)27-17-10-9-15(11-16(17)24-20(29)22(27)30)18-25-21(31-26-18)13(3)23-19(28)14-7-5-4-6-8-14/h4-13H,1-3H3,(H,23,28)(H,24,29)/t13-/m0/s1. The number of nitrogens with one attached hydrogen (secondary N) is 2. The summed E-state index contributed by atoms with van der Waals surface area (Å²) in [4.78, 5) is 43.6. The quantitative estimate of drug-likeness (QED) is 0.480. The van der Waals surface area contributed by atoms with Gasteiger partial charge in [-0.15, -0.1) is 0 Å². The molecule has 4 aromatic rings. The molecule has 9 nitrogen and oxygen atoms in total. The van der Waals surface area contributed by atoms with Crippen LogP contribution < -0.4 is 16.4 Å². The van der Waals surface area contributed by atoms with Crippen molar-refractivity contribution in [3.63, 3.8) is 0 Å². The average Bonchev–Trinajstić information content (AvgIpc) is 3.25. The molecule has 0 unspecified atom stereocenters. The van der Waals surface area contributed by atoms with E-state index in [4.69, 9.17) is 4.52 Å². The van der Waals surface area contributed by atoms with Crippen molar-refractivity contribution in [2.45, 2.75) is 32.9 Å². The second-order valence-electron chi connectivity index (χ2n) is 7.47. The van der Waals surface area contributed by atoms with Crippen LogP contribution in [-0.2, 0) is 0 Å². The second-order valence-corrected chi connectivity index (χ2v) is 7.47. The molecule has 2 N–H and O–H groups in total. The van der Waals surface area contributed by atoms with Crippen LogP contribution in [0.15, 0.2) is 62.6 Å². The molecule has 0 aliphatic heterocycles. The van der Waals surface area contributed by atoms with Gasteiger partial charge >= 0.3 is 11.1 Å². The summed E-state index contributed by atoms with van der Waals surface area (Å²) in [6.45, 7) is 5.42. The molecule has 2 aromatic heterocycles. The molecule has 0 radical (unpaired) electrons. The summed E-state index contributed by atoms with van der Waals surface area (Å²) in [6.07, 6.45) is 0. The van der Waals surface area contributed by atoms with Crippen molar-refractivity contribution >= 4 is 16.9 Å². The van der Waals surface area contributed by atoms with Gasteiger partial charge in [-0.3, -0.25) is 19.0 Å². The third kappa shape index (κ3) is 3.89. The number of aromatic amines is 1. The largest absolute Gasteiger partial charge is 0.341 e. The highest BCUT2D eigenvalue weighted by Gasteiger charge is 2.19. The monoisotopic (exact) mass is 419 g/mol. The van der Waals surface area contributed by atoms with E-state index in [0.29, 0.717) is 28.0 Å². The SMILES string of the molecule is CC(C)n1c(=O)c(=O)[nH]c2cc(-c3noc([C@H](C)NC(=O)c4ccccc4)n3)ccc21. The fourth-order valence-corrected chi connectivity index (χ4v) is 3.35. The van der Waals surface area contributed by atoms with Crippen LogP contribution in [0.5, 0.6) is 0 Å². The van der Waals surface area contributed by atoms with Crippen molar-refractivity contribution in [3.8, 4) is 11.4 Å². The zero-order valence-electron chi connectivity index (χ0n) is 17.2. The number of nitrogens with zero attached hydrogens (tertiary/aromatic N) is 3. The Bertz CT molecular complexity index is 1370. The van der Waals surface area contributed by atoms with Gasteiger partial charge in [0.25, 0.3) is 5.91 Å². The Balaban J connectivity index is 1.63. The molecule has 0 spiro atoms. The zero-order valence-corrected chi connectivity index (χ0v) is 17.2. The first-order chi connectivity index (χ1) is 14.8. The minimum atomic E-state index is -0.690. The van der Waals surface area contributed by atoms with E-state index in [1.807, 2.05) is 19.9 Å². The van der Waals surface area contributed by atoms with E-state index in [2.05, 4.69) is 20.4 Å². The Kier molecular flexibility index (Phi) is 5.24. The van der Waals surface area contributed by atoms with E-state index >= 15 is 0 Å². The Hall–Kier alpha value is -4.01. The number of carbonyl (C=O) groups excluding carboxylic acids is 1. The molecule has 2 heterocycles. The van der Waals surface area contributed by atoms with Crippen LogP contribution in [0.3, 0.4) is 0 Å². The molecule has 4 rings (SSSR count). The van der Waals surface area contributed by atoms with E-state index in [9.17, 15) is 14.4 Å². The van der Waals surface area contributed by atoms with Crippen LogP contribution in [0.1, 0.15) is 49.1 Å². The number of aromatic nitrogens is 4. The normalized spacial score (nSPS) is 12.3. The Morgan fingerprint density at radius 1 is 1.10 bits per heavy atom. The first kappa shape index (κ1) is 20.3. The van der Waals surface area contributed by atoms with E-state index in [0.717, 1.165) is 0 Å². The minimum absolute atomic E-state index is 0.172. The summed E-state index contributed by atoms with van der Waals surface area (Å²) in [5, 5.41) is 6.81. The van der Waals surface area contributed by atoms with Gasteiger partial charge in [0.05, 0.1) is 11.0 Å². The van der Waals surface area contributed by atoms with Gasteiger partial charge in [0.2, 0.25) is 11.7 Å². The van der Waals surface area contributed by atoms with Crippen LogP contribution in [-0.4, -0.2) is 25.6 Å². The first-order valence-electron chi connectivity index (χ1n) is 9.83. The van der Waals surface area contributed by atoms with E-state index < -0.39 is 17.2 Å². The van der Waals surface area contributed by atoms with Crippen molar-refractivity contribution in [2.75, 3.05) is 0 Å². The van der Waals surface area contributed by atoms with Crippen molar-refractivity contribution in [2.24, 2.45) is 0 Å². The molecule has 0 saturated carbocycles. The maximum atomic E-state index is 12.3. The molecule has 1 atom stereocenters. The van der Waals surface area contributed by atoms with Crippen molar-refractivity contribution < 1.29 is 9.32 Å². The molecule has 0 aliphatic rings. The predicted molar refractivity (Wildman–Crippen MR) is 115 cm³/mol. The van der Waals surface area contributed by atoms with Crippen LogP contribution >= 0.6 is 0 Å². The zero-order chi connectivity index (χ0) is 22.1. The topological polar surface area (TPSA) is 123 Å². The summed E-state index contributed by atoms with van der Waals surface area (Å²) in [5.74, 6) is 0.309. The molecule has 0 fully saturated rings. The van der Waals surface area contributed by atoms with Gasteiger partial charge in [-0.1, -0.05) is 23.4 Å². The van der Waals surface area contributed by atoms with Crippen molar-refractivity contribution in [3.05, 3.63) is 80.7 Å². The molecule has 0 bridgehead atoms. The number of rotatable bonds is 5. The Labute approximate surface area is 176 Å². The number of carbonyl (C=O) groups is 1. The highest BCUT2D eigenvalue weighted by atomic mass is 16.5. The molecule has 158 valence electrons.